The van der Waals surface area contributed by atoms with Crippen LogP contribution >= 0.6 is 0 Å². The van der Waals surface area contributed by atoms with Crippen molar-refractivity contribution in [3.05, 3.63) is 65.2 Å². The lowest BCUT2D eigenvalue weighted by molar-refractivity contribution is -0.128. The van der Waals surface area contributed by atoms with Gasteiger partial charge in [-0.2, -0.15) is 0 Å². The zero-order valence-corrected chi connectivity index (χ0v) is 15.3. The number of hydrogen-bond donors (Lipinski definition) is 1. The van der Waals surface area contributed by atoms with Crippen LogP contribution in [0.25, 0.3) is 0 Å². The Balaban J connectivity index is 1.61. The Morgan fingerprint density at radius 3 is 2.62 bits per heavy atom. The molecule has 1 aliphatic rings. The van der Waals surface area contributed by atoms with Gasteiger partial charge in [-0.3, -0.25) is 9.59 Å². The van der Waals surface area contributed by atoms with Crippen molar-refractivity contribution in [2.45, 2.75) is 51.7 Å². The number of rotatable bonds is 6. The maximum atomic E-state index is 12.6. The zero-order valence-electron chi connectivity index (χ0n) is 15.3. The van der Waals surface area contributed by atoms with Gasteiger partial charge >= 0.3 is 0 Å². The topological polar surface area (TPSA) is 55.4 Å². The number of carbonyl (C=O) groups excluding carboxylic acids is 2. The molecule has 2 atom stereocenters. The second-order valence-electron chi connectivity index (χ2n) is 6.71. The lowest BCUT2D eigenvalue weighted by atomic mass is 9.87. The van der Waals surface area contributed by atoms with Crippen LogP contribution in [-0.2, 0) is 11.2 Å². The number of Topliss-reactive ketones (excluding diaryl/α,β-unsaturated/α-hetero) is 1. The first-order chi connectivity index (χ1) is 12.6. The molecule has 0 spiro atoms. The van der Waals surface area contributed by atoms with Gasteiger partial charge in [0.25, 0.3) is 5.91 Å². The second kappa shape index (κ2) is 8.17. The molecule has 0 bridgehead atoms. The highest BCUT2D eigenvalue weighted by Crippen LogP contribution is 2.29. The zero-order chi connectivity index (χ0) is 18.5. The Bertz CT molecular complexity index is 782. The quantitative estimate of drug-likeness (QED) is 0.792. The molecule has 2 unspecified atom stereocenters. The number of ketones is 1. The van der Waals surface area contributed by atoms with Crippen molar-refractivity contribution in [3.8, 4) is 5.75 Å². The van der Waals surface area contributed by atoms with Crippen molar-refractivity contribution in [3.63, 3.8) is 0 Å². The Morgan fingerprint density at radius 1 is 1.15 bits per heavy atom. The SMILES string of the molecule is CCC(=O)c1ccc(OC(C)C(=O)NC2CCCc3ccccc32)cc1. The average Bonchev–Trinajstić information content (AvgIpc) is 2.68. The van der Waals surface area contributed by atoms with E-state index in [2.05, 4.69) is 17.4 Å². The van der Waals surface area contributed by atoms with Crippen LogP contribution in [0.5, 0.6) is 5.75 Å². The Morgan fingerprint density at radius 2 is 1.88 bits per heavy atom. The molecule has 4 nitrogen and oxygen atoms in total. The number of fused-ring (bicyclic) bond motifs is 1. The summed E-state index contributed by atoms with van der Waals surface area (Å²) in [6.07, 6.45) is 2.96. The van der Waals surface area contributed by atoms with Crippen LogP contribution in [0.3, 0.4) is 0 Å². The molecule has 3 rings (SSSR count). The van der Waals surface area contributed by atoms with Crippen LogP contribution in [0, 0.1) is 0 Å². The summed E-state index contributed by atoms with van der Waals surface area (Å²) >= 11 is 0. The van der Waals surface area contributed by atoms with Crippen LogP contribution in [-0.4, -0.2) is 17.8 Å². The third-order valence-corrected chi connectivity index (χ3v) is 4.87. The number of hydrogen-bond acceptors (Lipinski definition) is 3. The van der Waals surface area contributed by atoms with Gasteiger partial charge in [0.2, 0.25) is 0 Å². The summed E-state index contributed by atoms with van der Waals surface area (Å²) in [5.74, 6) is 0.558. The molecule has 0 aromatic heterocycles. The first kappa shape index (κ1) is 18.2. The molecular weight excluding hydrogens is 326 g/mol. The molecule has 136 valence electrons. The van der Waals surface area contributed by atoms with Crippen molar-refractivity contribution in [1.82, 2.24) is 5.32 Å². The van der Waals surface area contributed by atoms with E-state index in [1.165, 1.54) is 11.1 Å². The summed E-state index contributed by atoms with van der Waals surface area (Å²) < 4.78 is 5.75. The van der Waals surface area contributed by atoms with Gasteiger partial charge in [-0.1, -0.05) is 31.2 Å². The number of benzene rings is 2. The number of amides is 1. The first-order valence-corrected chi connectivity index (χ1v) is 9.26. The Kier molecular flexibility index (Phi) is 5.71. The van der Waals surface area contributed by atoms with Gasteiger partial charge in [-0.05, 0) is 61.6 Å². The van der Waals surface area contributed by atoms with Crippen LogP contribution in [0.15, 0.2) is 48.5 Å². The van der Waals surface area contributed by atoms with Crippen molar-refractivity contribution in [1.29, 1.82) is 0 Å². The highest BCUT2D eigenvalue weighted by Gasteiger charge is 2.24. The van der Waals surface area contributed by atoms with Gasteiger partial charge in [0.05, 0.1) is 6.04 Å². The fourth-order valence-electron chi connectivity index (χ4n) is 3.37. The highest BCUT2D eigenvalue weighted by atomic mass is 16.5. The molecule has 0 heterocycles. The molecule has 0 saturated carbocycles. The molecule has 1 N–H and O–H groups in total. The molecule has 0 fully saturated rings. The summed E-state index contributed by atoms with van der Waals surface area (Å²) in [5.41, 5.74) is 3.19. The normalized spacial score (nSPS) is 17.1. The van der Waals surface area contributed by atoms with E-state index in [0.29, 0.717) is 17.7 Å². The van der Waals surface area contributed by atoms with E-state index in [-0.39, 0.29) is 17.7 Å². The largest absolute Gasteiger partial charge is 0.481 e. The van der Waals surface area contributed by atoms with Crippen molar-refractivity contribution < 1.29 is 14.3 Å². The summed E-state index contributed by atoms with van der Waals surface area (Å²) in [4.78, 5) is 24.2. The van der Waals surface area contributed by atoms with Crippen LogP contribution in [0.2, 0.25) is 0 Å². The highest BCUT2D eigenvalue weighted by molar-refractivity contribution is 5.95. The maximum Gasteiger partial charge on any atom is 0.261 e. The van der Waals surface area contributed by atoms with E-state index in [0.717, 1.165) is 19.3 Å². The van der Waals surface area contributed by atoms with E-state index >= 15 is 0 Å². The average molecular weight is 351 g/mol. The van der Waals surface area contributed by atoms with Gasteiger partial charge in [0.15, 0.2) is 11.9 Å². The van der Waals surface area contributed by atoms with Gasteiger partial charge in [0, 0.05) is 12.0 Å². The van der Waals surface area contributed by atoms with Gasteiger partial charge in [-0.25, -0.2) is 0 Å². The predicted molar refractivity (Wildman–Crippen MR) is 101 cm³/mol. The number of aryl methyl sites for hydroxylation is 1. The summed E-state index contributed by atoms with van der Waals surface area (Å²) in [5, 5.41) is 3.12. The van der Waals surface area contributed by atoms with E-state index in [9.17, 15) is 9.59 Å². The summed E-state index contributed by atoms with van der Waals surface area (Å²) in [7, 11) is 0. The monoisotopic (exact) mass is 351 g/mol. The molecule has 0 aliphatic heterocycles. The van der Waals surface area contributed by atoms with Crippen molar-refractivity contribution in [2.75, 3.05) is 0 Å². The van der Waals surface area contributed by atoms with Gasteiger partial charge in [-0.15, -0.1) is 0 Å². The standard InChI is InChI=1S/C22H25NO3/c1-3-21(24)17-11-13-18(14-12-17)26-15(2)22(25)23-20-10-6-8-16-7-4-5-9-19(16)20/h4-5,7,9,11-15,20H,3,6,8,10H2,1-2H3,(H,23,25). The fourth-order valence-corrected chi connectivity index (χ4v) is 3.37. The Hall–Kier alpha value is -2.62. The molecule has 26 heavy (non-hydrogen) atoms. The van der Waals surface area contributed by atoms with E-state index in [1.54, 1.807) is 31.2 Å². The molecule has 1 aliphatic carbocycles. The minimum absolute atomic E-state index is 0.0445. The molecule has 0 saturated heterocycles. The molecule has 4 heteroatoms. The lowest BCUT2D eigenvalue weighted by Crippen LogP contribution is -2.39. The number of carbonyl (C=O) groups is 2. The van der Waals surface area contributed by atoms with Crippen LogP contribution in [0.1, 0.15) is 60.6 Å². The summed E-state index contributed by atoms with van der Waals surface area (Å²) in [6.45, 7) is 3.58. The van der Waals surface area contributed by atoms with E-state index in [4.69, 9.17) is 4.74 Å². The molecule has 0 radical (unpaired) electrons. The Labute approximate surface area is 154 Å². The smallest absolute Gasteiger partial charge is 0.261 e. The predicted octanol–water partition coefficient (Wildman–Crippen LogP) is 4.24. The lowest BCUT2D eigenvalue weighted by Gasteiger charge is -2.27. The number of ether oxygens (including phenoxy) is 1. The van der Waals surface area contributed by atoms with Crippen LogP contribution < -0.4 is 10.1 Å². The minimum atomic E-state index is -0.600. The summed E-state index contributed by atoms with van der Waals surface area (Å²) in [6, 6.07) is 15.3. The van der Waals surface area contributed by atoms with Crippen molar-refractivity contribution in [2.24, 2.45) is 0 Å². The molecule has 1 amide bonds. The van der Waals surface area contributed by atoms with Gasteiger partial charge < -0.3 is 10.1 Å². The molecular formula is C22H25NO3. The maximum absolute atomic E-state index is 12.6. The van der Waals surface area contributed by atoms with Crippen molar-refractivity contribution >= 4 is 11.7 Å². The first-order valence-electron chi connectivity index (χ1n) is 9.26. The third kappa shape index (κ3) is 4.13. The van der Waals surface area contributed by atoms with Crippen LogP contribution in [0.4, 0.5) is 0 Å². The van der Waals surface area contributed by atoms with E-state index in [1.807, 2.05) is 19.1 Å². The fraction of sp³-hybridized carbons (Fsp3) is 0.364. The third-order valence-electron chi connectivity index (χ3n) is 4.87. The molecule has 2 aromatic carbocycles. The van der Waals surface area contributed by atoms with E-state index < -0.39 is 6.10 Å². The molecule has 2 aromatic rings. The minimum Gasteiger partial charge on any atom is -0.481 e. The number of nitrogens with one attached hydrogen (secondary N) is 1. The van der Waals surface area contributed by atoms with Gasteiger partial charge in [0.1, 0.15) is 5.75 Å². The second-order valence-corrected chi connectivity index (χ2v) is 6.71.